The Bertz CT molecular complexity index is 385. The quantitative estimate of drug-likeness (QED) is 0.785. The molecule has 16 heavy (non-hydrogen) atoms. The first-order valence-electron chi connectivity index (χ1n) is 4.66. The summed E-state index contributed by atoms with van der Waals surface area (Å²) in [6, 6.07) is 3.23. The van der Waals surface area contributed by atoms with Crippen LogP contribution >= 0.6 is 11.6 Å². The van der Waals surface area contributed by atoms with Gasteiger partial charge in [-0.2, -0.15) is 0 Å². The molecule has 0 heterocycles. The van der Waals surface area contributed by atoms with Crippen molar-refractivity contribution >= 4 is 27.3 Å². The smallest absolute Gasteiger partial charge is 0.137 e. The molecule has 4 radical (unpaired) electrons. The minimum Gasteiger partial charge on any atom is -0.496 e. The first kappa shape index (κ1) is 13.3. The Kier molecular flexibility index (Phi) is 4.16. The van der Waals surface area contributed by atoms with Crippen LogP contribution in [0.3, 0.4) is 0 Å². The fraction of sp³-hybridized carbons (Fsp3) is 0.400. The lowest BCUT2D eigenvalue weighted by Crippen LogP contribution is -2.36. The van der Waals surface area contributed by atoms with Crippen molar-refractivity contribution in [2.24, 2.45) is 5.73 Å². The third kappa shape index (κ3) is 2.47. The average molecular weight is 235 g/mol. The van der Waals surface area contributed by atoms with E-state index in [1.54, 1.807) is 12.1 Å². The highest BCUT2D eigenvalue weighted by atomic mass is 35.5. The zero-order valence-electron chi connectivity index (χ0n) is 9.29. The predicted octanol–water partition coefficient (Wildman–Crippen LogP) is 0.806. The molecule has 1 rings (SSSR count). The lowest BCUT2D eigenvalue weighted by atomic mass is 9.51. The Morgan fingerprint density at radius 2 is 1.81 bits per heavy atom. The van der Waals surface area contributed by atoms with Crippen molar-refractivity contribution in [2.75, 3.05) is 20.8 Å². The maximum absolute atomic E-state index is 5.96. The van der Waals surface area contributed by atoms with Gasteiger partial charge in [0.25, 0.3) is 0 Å². The molecule has 0 bridgehead atoms. The molecule has 0 aliphatic carbocycles. The normalized spacial score (nSPS) is 11.2. The second-order valence-electron chi connectivity index (χ2n) is 3.43. The van der Waals surface area contributed by atoms with Gasteiger partial charge in [-0.1, -0.05) is 16.8 Å². The van der Waals surface area contributed by atoms with Gasteiger partial charge in [-0.05, 0) is 18.2 Å². The summed E-state index contributed by atoms with van der Waals surface area (Å²) in [6.45, 7) is 0.0775. The highest BCUT2D eigenvalue weighted by molar-refractivity contribution is 6.40. The summed E-state index contributed by atoms with van der Waals surface area (Å²) >= 11 is 5.96. The SMILES string of the molecule is [B]C([B])(CN)c1cc(OC)c(Cl)cc1OC. The number of methoxy groups -OCH3 is 2. The van der Waals surface area contributed by atoms with Crippen LogP contribution in [-0.2, 0) is 5.21 Å². The van der Waals surface area contributed by atoms with Gasteiger partial charge in [0.1, 0.15) is 11.5 Å². The Morgan fingerprint density at radius 3 is 2.25 bits per heavy atom. The van der Waals surface area contributed by atoms with E-state index in [1.165, 1.54) is 14.2 Å². The number of ether oxygens (including phenoxy) is 2. The van der Waals surface area contributed by atoms with Crippen LogP contribution in [0.25, 0.3) is 0 Å². The van der Waals surface area contributed by atoms with Crippen LogP contribution in [0.2, 0.25) is 5.02 Å². The van der Waals surface area contributed by atoms with Crippen molar-refractivity contribution in [1.82, 2.24) is 0 Å². The Hall–Kier alpha value is -0.800. The van der Waals surface area contributed by atoms with Crippen LogP contribution in [0.15, 0.2) is 12.1 Å². The van der Waals surface area contributed by atoms with Gasteiger partial charge in [0.15, 0.2) is 0 Å². The van der Waals surface area contributed by atoms with E-state index in [2.05, 4.69) is 0 Å². The maximum Gasteiger partial charge on any atom is 0.137 e. The van der Waals surface area contributed by atoms with Crippen molar-refractivity contribution in [1.29, 1.82) is 0 Å². The summed E-state index contributed by atoms with van der Waals surface area (Å²) < 4.78 is 10.2. The molecule has 1 aromatic rings. The molecule has 6 heteroatoms. The van der Waals surface area contributed by atoms with Crippen molar-refractivity contribution in [2.45, 2.75) is 5.21 Å². The molecule has 0 fully saturated rings. The van der Waals surface area contributed by atoms with E-state index in [4.69, 9.17) is 42.5 Å². The molecule has 3 nitrogen and oxygen atoms in total. The largest absolute Gasteiger partial charge is 0.496 e. The minimum absolute atomic E-state index is 0.0775. The Labute approximate surface area is 103 Å². The summed E-state index contributed by atoms with van der Waals surface area (Å²) in [5.74, 6) is 0.965. The van der Waals surface area contributed by atoms with Crippen LogP contribution in [0.5, 0.6) is 11.5 Å². The molecule has 1 aromatic carbocycles. The number of hydrogen-bond donors (Lipinski definition) is 1. The van der Waals surface area contributed by atoms with Crippen molar-refractivity contribution < 1.29 is 9.47 Å². The lowest BCUT2D eigenvalue weighted by Gasteiger charge is -2.27. The molecule has 0 aliphatic heterocycles. The highest BCUT2D eigenvalue weighted by Crippen LogP contribution is 2.36. The van der Waals surface area contributed by atoms with Gasteiger partial charge < -0.3 is 15.2 Å². The Morgan fingerprint density at radius 1 is 1.25 bits per heavy atom. The van der Waals surface area contributed by atoms with Gasteiger partial charge in [-0.3, -0.25) is 0 Å². The van der Waals surface area contributed by atoms with Crippen LogP contribution in [0.1, 0.15) is 5.56 Å². The molecule has 0 unspecified atom stereocenters. The number of benzene rings is 1. The number of rotatable bonds is 4. The summed E-state index contributed by atoms with van der Waals surface area (Å²) in [6.07, 6.45) is 0. The second-order valence-corrected chi connectivity index (χ2v) is 3.84. The molecule has 0 saturated carbocycles. The molecule has 0 atom stereocenters. The van der Waals surface area contributed by atoms with Crippen LogP contribution in [-0.4, -0.2) is 36.5 Å². The molecule has 82 valence electrons. The fourth-order valence-corrected chi connectivity index (χ4v) is 1.56. The molecular formula is C10H12B2ClNO2. The van der Waals surface area contributed by atoms with Crippen LogP contribution in [0, 0.1) is 0 Å². The van der Waals surface area contributed by atoms with E-state index in [1.807, 2.05) is 0 Å². The van der Waals surface area contributed by atoms with Gasteiger partial charge in [0.05, 0.1) is 34.9 Å². The van der Waals surface area contributed by atoms with Gasteiger partial charge in [0.2, 0.25) is 0 Å². The molecule has 0 amide bonds. The summed E-state index contributed by atoms with van der Waals surface area (Å²) in [4.78, 5) is 0. The molecule has 0 aliphatic rings. The summed E-state index contributed by atoms with van der Waals surface area (Å²) in [7, 11) is 14.7. The first-order chi connectivity index (χ1) is 7.46. The maximum atomic E-state index is 5.96. The zero-order chi connectivity index (χ0) is 12.3. The molecule has 2 N–H and O–H groups in total. The van der Waals surface area contributed by atoms with E-state index in [-0.39, 0.29) is 6.54 Å². The topological polar surface area (TPSA) is 44.5 Å². The zero-order valence-corrected chi connectivity index (χ0v) is 10.0. The van der Waals surface area contributed by atoms with Crippen molar-refractivity contribution in [3.05, 3.63) is 22.7 Å². The summed E-state index contributed by atoms with van der Waals surface area (Å²) in [5.41, 5.74) is 6.07. The Balaban J connectivity index is 3.36. The van der Waals surface area contributed by atoms with E-state index in [9.17, 15) is 0 Å². The van der Waals surface area contributed by atoms with E-state index >= 15 is 0 Å². The second kappa shape index (κ2) is 5.02. The molecule has 0 saturated heterocycles. The third-order valence-electron chi connectivity index (χ3n) is 2.31. The van der Waals surface area contributed by atoms with Gasteiger partial charge in [0, 0.05) is 6.07 Å². The van der Waals surface area contributed by atoms with Gasteiger partial charge in [-0.25, -0.2) is 0 Å². The van der Waals surface area contributed by atoms with Gasteiger partial charge in [-0.15, -0.1) is 0 Å². The lowest BCUT2D eigenvalue weighted by molar-refractivity contribution is 0.397. The van der Waals surface area contributed by atoms with Crippen molar-refractivity contribution in [3.63, 3.8) is 0 Å². The molecular weight excluding hydrogens is 223 g/mol. The molecule has 0 spiro atoms. The van der Waals surface area contributed by atoms with E-state index in [0.717, 1.165) is 0 Å². The third-order valence-corrected chi connectivity index (χ3v) is 2.61. The number of nitrogens with two attached hydrogens (primary N) is 1. The monoisotopic (exact) mass is 235 g/mol. The van der Waals surface area contributed by atoms with E-state index < -0.39 is 5.21 Å². The number of hydrogen-bond acceptors (Lipinski definition) is 3. The summed E-state index contributed by atoms with van der Waals surface area (Å²) in [5, 5.41) is -0.751. The standard InChI is InChI=1S/C10H12B2ClNO2/c1-15-8-4-7(13)9(16-2)3-6(8)10(11,12)5-14/h3-4H,5,14H2,1-2H3. The van der Waals surface area contributed by atoms with Crippen molar-refractivity contribution in [3.8, 4) is 11.5 Å². The van der Waals surface area contributed by atoms with Crippen LogP contribution < -0.4 is 15.2 Å². The first-order valence-corrected chi connectivity index (χ1v) is 5.04. The highest BCUT2D eigenvalue weighted by Gasteiger charge is 2.23. The minimum atomic E-state index is -1.18. The average Bonchev–Trinajstić information content (AvgIpc) is 2.28. The molecule has 0 aromatic heterocycles. The fourth-order valence-electron chi connectivity index (χ4n) is 1.33. The number of halogens is 1. The predicted molar refractivity (Wildman–Crippen MR) is 66.8 cm³/mol. The van der Waals surface area contributed by atoms with E-state index in [0.29, 0.717) is 22.1 Å². The van der Waals surface area contributed by atoms with Crippen LogP contribution in [0.4, 0.5) is 0 Å². The van der Waals surface area contributed by atoms with Gasteiger partial charge >= 0.3 is 0 Å².